The highest BCUT2D eigenvalue weighted by atomic mass is 32.2. The Labute approximate surface area is 340 Å². The van der Waals surface area contributed by atoms with Gasteiger partial charge in [-0.25, -0.2) is 4.79 Å². The van der Waals surface area contributed by atoms with Crippen LogP contribution in [-0.2, 0) is 33.8 Å². The number of ether oxygens (including phenoxy) is 3. The van der Waals surface area contributed by atoms with Gasteiger partial charge >= 0.3 is 5.97 Å². The summed E-state index contributed by atoms with van der Waals surface area (Å²) in [5, 5.41) is 8.68. The van der Waals surface area contributed by atoms with Crippen LogP contribution in [0.25, 0.3) is 6.08 Å². The molecule has 1 aromatic heterocycles. The summed E-state index contributed by atoms with van der Waals surface area (Å²) in [6.07, 6.45) is 2.71. The van der Waals surface area contributed by atoms with Crippen molar-refractivity contribution in [2.24, 2.45) is 0 Å². The van der Waals surface area contributed by atoms with Crippen molar-refractivity contribution >= 4 is 63.6 Å². The number of thioether (sulfide) groups is 1. The van der Waals surface area contributed by atoms with E-state index in [0.717, 1.165) is 28.4 Å². The summed E-state index contributed by atoms with van der Waals surface area (Å²) in [6.45, 7) is 4.16. The zero-order valence-electron chi connectivity index (χ0n) is 32.1. The van der Waals surface area contributed by atoms with Gasteiger partial charge in [0.05, 0.1) is 32.1 Å². The molecular weight excluding hydrogens is 761 g/mol. The number of carbonyl (C=O) groups excluding carboxylic acids is 4. The van der Waals surface area contributed by atoms with Crippen molar-refractivity contribution in [3.63, 3.8) is 0 Å². The van der Waals surface area contributed by atoms with Gasteiger partial charge in [0, 0.05) is 52.3 Å². The van der Waals surface area contributed by atoms with Crippen molar-refractivity contribution in [3.8, 4) is 11.5 Å². The number of nitrogens with one attached hydrogen (secondary N) is 3. The maximum atomic E-state index is 13.8. The number of carbonyl (C=O) groups is 4. The van der Waals surface area contributed by atoms with Gasteiger partial charge in [-0.15, -0.1) is 23.1 Å². The van der Waals surface area contributed by atoms with E-state index in [1.165, 1.54) is 49.0 Å². The molecule has 0 bridgehead atoms. The van der Waals surface area contributed by atoms with E-state index < -0.39 is 23.0 Å². The predicted octanol–water partition coefficient (Wildman–Crippen LogP) is 8.03. The monoisotopic (exact) mass is 804 g/mol. The number of nitrogens with zero attached hydrogens (tertiary/aromatic N) is 1. The Bertz CT molecular complexity index is 2260. The first-order chi connectivity index (χ1) is 27.7. The van der Waals surface area contributed by atoms with Gasteiger partial charge in [-0.1, -0.05) is 61.5 Å². The lowest BCUT2D eigenvalue weighted by Crippen LogP contribution is -2.30. The fourth-order valence-electron chi connectivity index (χ4n) is 6.40. The highest BCUT2D eigenvalue weighted by Gasteiger charge is 2.31. The van der Waals surface area contributed by atoms with Crippen LogP contribution in [0.5, 0.6) is 11.5 Å². The van der Waals surface area contributed by atoms with E-state index in [1.807, 2.05) is 31.2 Å². The number of thiophene rings is 1. The summed E-state index contributed by atoms with van der Waals surface area (Å²) < 4.78 is 16.0. The van der Waals surface area contributed by atoms with Crippen LogP contribution < -0.4 is 25.4 Å². The SMILES string of the molecule is CCC(Sc1cccc(NC(=O)/C(=C\c2ccc(OC)cc2OC)NC(=O)c2ccccc2)c1)C(=O)Nc1sc2c(c1C(=O)OC)CCN(Cc1ccccc1)C2. The summed E-state index contributed by atoms with van der Waals surface area (Å²) in [5.41, 5.74) is 3.93. The first-order valence-electron chi connectivity index (χ1n) is 18.4. The lowest BCUT2D eigenvalue weighted by Gasteiger charge is -2.27. The van der Waals surface area contributed by atoms with Crippen LogP contribution >= 0.6 is 23.1 Å². The molecule has 3 amide bonds. The van der Waals surface area contributed by atoms with Crippen LogP contribution in [0.1, 0.15) is 55.6 Å². The van der Waals surface area contributed by atoms with Gasteiger partial charge in [-0.05, 0) is 72.5 Å². The summed E-state index contributed by atoms with van der Waals surface area (Å²) >= 11 is 2.77. The Morgan fingerprint density at radius 1 is 0.877 bits per heavy atom. The van der Waals surface area contributed by atoms with Gasteiger partial charge in [0.1, 0.15) is 22.2 Å². The molecule has 0 saturated carbocycles. The minimum atomic E-state index is -0.566. The van der Waals surface area contributed by atoms with Crippen molar-refractivity contribution in [3.05, 3.63) is 142 Å². The molecular formula is C44H44N4O7S2. The molecule has 0 aliphatic carbocycles. The molecule has 3 N–H and O–H groups in total. The average Bonchev–Trinajstić information content (AvgIpc) is 3.59. The Morgan fingerprint density at radius 3 is 2.33 bits per heavy atom. The smallest absolute Gasteiger partial charge is 0.341 e. The maximum absolute atomic E-state index is 13.8. The van der Waals surface area contributed by atoms with Crippen molar-refractivity contribution in [2.75, 3.05) is 38.5 Å². The first-order valence-corrected chi connectivity index (χ1v) is 20.1. The predicted molar refractivity (Wildman–Crippen MR) is 225 cm³/mol. The van der Waals surface area contributed by atoms with Crippen LogP contribution in [-0.4, -0.2) is 61.7 Å². The second kappa shape index (κ2) is 19.3. The molecule has 1 aliphatic rings. The van der Waals surface area contributed by atoms with E-state index in [0.29, 0.717) is 58.3 Å². The van der Waals surface area contributed by atoms with Crippen LogP contribution in [0.4, 0.5) is 10.7 Å². The van der Waals surface area contributed by atoms with Crippen molar-refractivity contribution < 1.29 is 33.4 Å². The normalized spacial score (nSPS) is 13.2. The Kier molecular flexibility index (Phi) is 13.8. The third-order valence-corrected chi connectivity index (χ3v) is 11.8. The van der Waals surface area contributed by atoms with E-state index in [-0.39, 0.29) is 11.6 Å². The van der Waals surface area contributed by atoms with Gasteiger partial charge < -0.3 is 30.2 Å². The number of fused-ring (bicyclic) bond motifs is 1. The number of anilines is 2. The molecule has 5 aromatic rings. The Morgan fingerprint density at radius 2 is 1.63 bits per heavy atom. The van der Waals surface area contributed by atoms with Gasteiger partial charge in [0.15, 0.2) is 0 Å². The summed E-state index contributed by atoms with van der Waals surface area (Å²) in [7, 11) is 4.40. The molecule has 1 unspecified atom stereocenters. The van der Waals surface area contributed by atoms with Gasteiger partial charge in [-0.2, -0.15) is 0 Å². The minimum Gasteiger partial charge on any atom is -0.497 e. The van der Waals surface area contributed by atoms with Crippen molar-refractivity contribution in [1.29, 1.82) is 0 Å². The molecule has 1 aliphatic heterocycles. The number of methoxy groups -OCH3 is 3. The van der Waals surface area contributed by atoms with Gasteiger partial charge in [0.25, 0.3) is 11.8 Å². The second-order valence-electron chi connectivity index (χ2n) is 13.1. The van der Waals surface area contributed by atoms with E-state index in [4.69, 9.17) is 14.2 Å². The quantitative estimate of drug-likeness (QED) is 0.0546. The van der Waals surface area contributed by atoms with Crippen LogP contribution in [0.3, 0.4) is 0 Å². The third kappa shape index (κ3) is 10.3. The Balaban J connectivity index is 1.18. The highest BCUT2D eigenvalue weighted by Crippen LogP contribution is 2.39. The van der Waals surface area contributed by atoms with Crippen LogP contribution in [0.15, 0.2) is 114 Å². The average molecular weight is 805 g/mol. The topological polar surface area (TPSA) is 135 Å². The molecule has 0 radical (unpaired) electrons. The first kappa shape index (κ1) is 40.8. The molecule has 13 heteroatoms. The lowest BCUT2D eigenvalue weighted by molar-refractivity contribution is -0.116. The number of hydrogen-bond acceptors (Lipinski definition) is 10. The van der Waals surface area contributed by atoms with Gasteiger partial charge in [-0.3, -0.25) is 19.3 Å². The molecule has 0 fully saturated rings. The molecule has 2 heterocycles. The number of amides is 3. The fourth-order valence-corrected chi connectivity index (χ4v) is 8.69. The van der Waals surface area contributed by atoms with E-state index in [2.05, 4.69) is 33.0 Å². The summed E-state index contributed by atoms with van der Waals surface area (Å²) in [6, 6.07) is 31.1. The zero-order valence-corrected chi connectivity index (χ0v) is 33.8. The molecule has 1 atom stereocenters. The largest absolute Gasteiger partial charge is 0.497 e. The van der Waals surface area contributed by atoms with E-state index in [9.17, 15) is 19.2 Å². The number of benzene rings is 4. The highest BCUT2D eigenvalue weighted by molar-refractivity contribution is 8.00. The van der Waals surface area contributed by atoms with E-state index in [1.54, 1.807) is 73.8 Å². The van der Waals surface area contributed by atoms with Crippen molar-refractivity contribution in [1.82, 2.24) is 10.2 Å². The number of esters is 1. The minimum absolute atomic E-state index is 0.0144. The summed E-state index contributed by atoms with van der Waals surface area (Å²) in [5.74, 6) is -0.727. The van der Waals surface area contributed by atoms with Crippen LogP contribution in [0.2, 0.25) is 0 Å². The maximum Gasteiger partial charge on any atom is 0.341 e. The molecule has 0 saturated heterocycles. The van der Waals surface area contributed by atoms with Crippen LogP contribution in [0, 0.1) is 0 Å². The third-order valence-electron chi connectivity index (χ3n) is 9.31. The Hall–Kier alpha value is -5.89. The molecule has 4 aromatic carbocycles. The lowest BCUT2D eigenvalue weighted by atomic mass is 10.0. The summed E-state index contributed by atoms with van der Waals surface area (Å²) in [4.78, 5) is 58.1. The van der Waals surface area contributed by atoms with E-state index >= 15 is 0 Å². The molecule has 6 rings (SSSR count). The standard InChI is InChI=1S/C44H44N4O7S2/c1-5-37(42(51)47-43-39(44(52)55-4)34-21-22-48(27-38(34)57-43)26-28-13-8-6-9-14-28)56-33-18-12-17-31(24-33)45-41(50)35(46-40(49)29-15-10-7-11-16-29)23-30-19-20-32(53-2)25-36(30)54-3/h6-20,23-25,37H,5,21-22,26-27H2,1-4H3,(H,45,50)(H,46,49)(H,47,51)/b35-23+. The fraction of sp³-hybridized carbons (Fsp3) is 0.227. The molecule has 294 valence electrons. The molecule has 0 spiro atoms. The number of rotatable bonds is 15. The van der Waals surface area contributed by atoms with Crippen molar-refractivity contribution in [2.45, 2.75) is 43.0 Å². The molecule has 57 heavy (non-hydrogen) atoms. The second-order valence-corrected chi connectivity index (χ2v) is 15.5. The zero-order chi connectivity index (χ0) is 40.3. The molecule has 11 nitrogen and oxygen atoms in total. The van der Waals surface area contributed by atoms with Gasteiger partial charge in [0.2, 0.25) is 5.91 Å². The number of hydrogen-bond donors (Lipinski definition) is 3.